The molecule has 11 heavy (non-hydrogen) atoms. The highest BCUT2D eigenvalue weighted by atomic mass is 14.4. The van der Waals surface area contributed by atoms with Gasteiger partial charge in [-0.05, 0) is 18.3 Å². The molecule has 1 fully saturated rings. The lowest BCUT2D eigenvalue weighted by Gasteiger charge is -2.27. The molecule has 1 aliphatic rings. The third-order valence-electron chi connectivity index (χ3n) is 3.27. The zero-order valence-corrected chi connectivity index (χ0v) is 7.90. The summed E-state index contributed by atoms with van der Waals surface area (Å²) in [4.78, 5) is 0. The lowest BCUT2D eigenvalue weighted by atomic mass is 9.76. The van der Waals surface area contributed by atoms with Gasteiger partial charge in [-0.25, -0.2) is 0 Å². The van der Waals surface area contributed by atoms with Crippen molar-refractivity contribution in [3.05, 3.63) is 0 Å². The quantitative estimate of drug-likeness (QED) is 0.541. The molecule has 1 aliphatic carbocycles. The van der Waals surface area contributed by atoms with E-state index in [0.29, 0.717) is 11.2 Å². The molecule has 0 bridgehead atoms. The number of rotatable bonds is 3. The Morgan fingerprint density at radius 2 is 2.18 bits per heavy atom. The zero-order chi connectivity index (χ0) is 8.32. The molecule has 0 aliphatic heterocycles. The standard InChI is InChI=1S/C10H19B/c1-3-6-10(4-2)7-5-9(11)8-10/h9H,3-8H2,1-2H3. The molecule has 0 amide bonds. The van der Waals surface area contributed by atoms with Gasteiger partial charge in [-0.3, -0.25) is 0 Å². The fraction of sp³-hybridized carbons (Fsp3) is 1.00. The molecular formula is C10H19B. The predicted octanol–water partition coefficient (Wildman–Crippen LogP) is 3.32. The second-order valence-electron chi connectivity index (χ2n) is 4.11. The topological polar surface area (TPSA) is 0 Å². The highest BCUT2D eigenvalue weighted by molar-refractivity contribution is 6.11. The molecule has 0 aromatic rings. The minimum absolute atomic E-state index is 0.501. The van der Waals surface area contributed by atoms with E-state index in [0.717, 1.165) is 0 Å². The summed E-state index contributed by atoms with van der Waals surface area (Å²) >= 11 is 0. The van der Waals surface area contributed by atoms with Crippen LogP contribution in [0.2, 0.25) is 5.82 Å². The first-order chi connectivity index (χ1) is 5.22. The SMILES string of the molecule is [B]C1CCC(CC)(CCC)C1. The van der Waals surface area contributed by atoms with Gasteiger partial charge in [-0.15, -0.1) is 0 Å². The van der Waals surface area contributed by atoms with E-state index in [1.165, 1.54) is 38.5 Å². The summed E-state index contributed by atoms with van der Waals surface area (Å²) in [5, 5.41) is 0. The van der Waals surface area contributed by atoms with Crippen LogP contribution in [0.25, 0.3) is 0 Å². The Bertz CT molecular complexity index is 118. The van der Waals surface area contributed by atoms with Crippen LogP contribution in [0.4, 0.5) is 0 Å². The first kappa shape index (κ1) is 9.16. The minimum atomic E-state index is 0.501. The van der Waals surface area contributed by atoms with Crippen LogP contribution in [-0.2, 0) is 0 Å². The summed E-state index contributed by atoms with van der Waals surface area (Å²) in [6, 6.07) is 0. The summed E-state index contributed by atoms with van der Waals surface area (Å²) in [6.45, 7) is 4.59. The lowest BCUT2D eigenvalue weighted by molar-refractivity contribution is 0.257. The summed E-state index contributed by atoms with van der Waals surface area (Å²) in [5.74, 6) is 0.501. The molecule has 1 rings (SSSR count). The van der Waals surface area contributed by atoms with E-state index in [1.54, 1.807) is 0 Å². The van der Waals surface area contributed by atoms with E-state index in [-0.39, 0.29) is 0 Å². The van der Waals surface area contributed by atoms with Gasteiger partial charge in [0.2, 0.25) is 0 Å². The number of hydrogen-bond acceptors (Lipinski definition) is 0. The highest BCUT2D eigenvalue weighted by Crippen LogP contribution is 2.48. The van der Waals surface area contributed by atoms with Crippen molar-refractivity contribution in [2.45, 2.75) is 58.2 Å². The van der Waals surface area contributed by atoms with Gasteiger partial charge in [0.1, 0.15) is 0 Å². The smallest absolute Gasteiger partial charge is 0.0699 e. The Morgan fingerprint density at radius 3 is 2.55 bits per heavy atom. The van der Waals surface area contributed by atoms with Gasteiger partial charge in [0.05, 0.1) is 7.85 Å². The lowest BCUT2D eigenvalue weighted by Crippen LogP contribution is -2.14. The van der Waals surface area contributed by atoms with Gasteiger partial charge < -0.3 is 0 Å². The van der Waals surface area contributed by atoms with E-state index in [9.17, 15) is 0 Å². The molecular weight excluding hydrogens is 131 g/mol. The third-order valence-corrected chi connectivity index (χ3v) is 3.27. The Kier molecular flexibility index (Phi) is 3.03. The van der Waals surface area contributed by atoms with Crippen LogP contribution in [0.3, 0.4) is 0 Å². The van der Waals surface area contributed by atoms with Gasteiger partial charge in [-0.2, -0.15) is 0 Å². The summed E-state index contributed by atoms with van der Waals surface area (Å²) in [5.41, 5.74) is 0.633. The van der Waals surface area contributed by atoms with E-state index >= 15 is 0 Å². The Balaban J connectivity index is 2.48. The summed E-state index contributed by atoms with van der Waals surface area (Å²) < 4.78 is 0. The molecule has 0 heterocycles. The van der Waals surface area contributed by atoms with Crippen LogP contribution in [0.5, 0.6) is 0 Å². The zero-order valence-electron chi connectivity index (χ0n) is 7.90. The van der Waals surface area contributed by atoms with Crippen molar-refractivity contribution in [2.75, 3.05) is 0 Å². The molecule has 0 saturated heterocycles. The largest absolute Gasteiger partial charge is 0.0768 e. The fourth-order valence-electron chi connectivity index (χ4n) is 2.51. The molecule has 2 radical (unpaired) electrons. The molecule has 2 unspecified atom stereocenters. The van der Waals surface area contributed by atoms with E-state index in [1.807, 2.05) is 0 Å². The third kappa shape index (κ3) is 2.01. The average Bonchev–Trinajstić information content (AvgIpc) is 2.34. The maximum absolute atomic E-state index is 5.92. The molecule has 1 heteroatoms. The van der Waals surface area contributed by atoms with Gasteiger partial charge in [0.15, 0.2) is 0 Å². The summed E-state index contributed by atoms with van der Waals surface area (Å²) in [6.07, 6.45) is 7.94. The van der Waals surface area contributed by atoms with Crippen LogP contribution in [-0.4, -0.2) is 7.85 Å². The van der Waals surface area contributed by atoms with E-state index in [4.69, 9.17) is 7.85 Å². The maximum Gasteiger partial charge on any atom is 0.0699 e. The molecule has 0 nitrogen and oxygen atoms in total. The summed E-state index contributed by atoms with van der Waals surface area (Å²) in [7, 11) is 5.92. The van der Waals surface area contributed by atoms with Crippen LogP contribution in [0, 0.1) is 5.41 Å². The Morgan fingerprint density at radius 1 is 1.45 bits per heavy atom. The molecule has 62 valence electrons. The van der Waals surface area contributed by atoms with Gasteiger partial charge in [0.25, 0.3) is 0 Å². The second-order valence-corrected chi connectivity index (χ2v) is 4.11. The number of hydrogen-bond donors (Lipinski definition) is 0. The van der Waals surface area contributed by atoms with E-state index in [2.05, 4.69) is 13.8 Å². The van der Waals surface area contributed by atoms with Gasteiger partial charge in [-0.1, -0.05) is 45.3 Å². The normalized spacial score (nSPS) is 37.8. The molecule has 1 saturated carbocycles. The average molecular weight is 150 g/mol. The van der Waals surface area contributed by atoms with Crippen molar-refractivity contribution >= 4 is 7.85 Å². The van der Waals surface area contributed by atoms with Crippen molar-refractivity contribution in [1.29, 1.82) is 0 Å². The Labute approximate surface area is 72.2 Å². The molecule has 0 aromatic heterocycles. The fourth-order valence-corrected chi connectivity index (χ4v) is 2.51. The van der Waals surface area contributed by atoms with Crippen LogP contribution in [0.15, 0.2) is 0 Å². The second kappa shape index (κ2) is 3.64. The van der Waals surface area contributed by atoms with Crippen molar-refractivity contribution in [2.24, 2.45) is 5.41 Å². The van der Waals surface area contributed by atoms with Crippen molar-refractivity contribution in [3.63, 3.8) is 0 Å². The predicted molar refractivity (Wildman–Crippen MR) is 51.0 cm³/mol. The molecule has 0 N–H and O–H groups in total. The molecule has 0 spiro atoms. The molecule has 2 atom stereocenters. The van der Waals surface area contributed by atoms with Crippen LogP contribution in [0.1, 0.15) is 52.4 Å². The van der Waals surface area contributed by atoms with Crippen molar-refractivity contribution in [1.82, 2.24) is 0 Å². The minimum Gasteiger partial charge on any atom is -0.0768 e. The maximum atomic E-state index is 5.92. The van der Waals surface area contributed by atoms with Crippen LogP contribution >= 0.6 is 0 Å². The monoisotopic (exact) mass is 150 g/mol. The van der Waals surface area contributed by atoms with Crippen LogP contribution < -0.4 is 0 Å². The van der Waals surface area contributed by atoms with Crippen molar-refractivity contribution in [3.8, 4) is 0 Å². The first-order valence-electron chi connectivity index (χ1n) is 4.98. The van der Waals surface area contributed by atoms with Gasteiger partial charge >= 0.3 is 0 Å². The molecule has 0 aromatic carbocycles. The van der Waals surface area contributed by atoms with E-state index < -0.39 is 0 Å². The highest BCUT2D eigenvalue weighted by Gasteiger charge is 2.34. The van der Waals surface area contributed by atoms with Crippen molar-refractivity contribution < 1.29 is 0 Å². The Hall–Kier alpha value is 0.0649. The first-order valence-corrected chi connectivity index (χ1v) is 4.98. The van der Waals surface area contributed by atoms with Gasteiger partial charge in [0, 0.05) is 0 Å².